The van der Waals surface area contributed by atoms with Gasteiger partial charge in [0.1, 0.15) is 0 Å². The minimum atomic E-state index is -1.09. The molecule has 0 aliphatic heterocycles. The molecule has 0 aliphatic rings. The van der Waals surface area contributed by atoms with Crippen LogP contribution in [0.4, 0.5) is 21.9 Å². The number of aromatic nitrogens is 1. The van der Waals surface area contributed by atoms with E-state index in [0.717, 1.165) is 5.69 Å². The maximum Gasteiger partial charge on any atom is 0.333 e. The average molecular weight is 532 g/mol. The fourth-order valence-corrected chi connectivity index (χ4v) is 3.53. The summed E-state index contributed by atoms with van der Waals surface area (Å²) in [6.07, 6.45) is 1.57. The molecule has 2 aromatic carbocycles. The summed E-state index contributed by atoms with van der Waals surface area (Å²) in [4.78, 5) is 44.3. The van der Waals surface area contributed by atoms with Gasteiger partial charge in [0.25, 0.3) is 0 Å². The van der Waals surface area contributed by atoms with E-state index < -0.39 is 24.0 Å². The Morgan fingerprint density at radius 2 is 1.72 bits per heavy atom. The van der Waals surface area contributed by atoms with E-state index in [0.29, 0.717) is 22.6 Å². The molecule has 11 nitrogen and oxygen atoms in total. The van der Waals surface area contributed by atoms with Crippen LogP contribution in [-0.2, 0) is 9.59 Å². The molecule has 0 fully saturated rings. The summed E-state index contributed by atoms with van der Waals surface area (Å²) in [5.41, 5.74) is 6.49. The molecule has 11 heteroatoms. The van der Waals surface area contributed by atoms with Gasteiger partial charge in [0, 0.05) is 35.6 Å². The molecule has 0 saturated carbocycles. The Morgan fingerprint density at radius 3 is 2.41 bits per heavy atom. The first kappa shape index (κ1) is 29.0. The van der Waals surface area contributed by atoms with Crippen molar-refractivity contribution in [2.24, 2.45) is 5.41 Å². The Labute approximate surface area is 227 Å². The predicted octanol–water partition coefficient (Wildman–Crippen LogP) is 2.79. The van der Waals surface area contributed by atoms with Crippen LogP contribution < -0.4 is 26.4 Å². The predicted molar refractivity (Wildman–Crippen MR) is 151 cm³/mol. The van der Waals surface area contributed by atoms with Crippen LogP contribution in [-0.4, -0.2) is 60.3 Å². The highest BCUT2D eigenvalue weighted by molar-refractivity contribution is 6.15. The number of rotatable bonds is 12. The summed E-state index contributed by atoms with van der Waals surface area (Å²) < 4.78 is 0. The maximum absolute atomic E-state index is 13.4. The molecule has 3 rings (SSSR count). The van der Waals surface area contributed by atoms with E-state index in [9.17, 15) is 19.5 Å². The second-order valence-electron chi connectivity index (χ2n) is 9.32. The third kappa shape index (κ3) is 7.69. The van der Waals surface area contributed by atoms with Gasteiger partial charge in [-0.25, -0.2) is 10.2 Å². The number of nitrogens with zero attached hydrogens (tertiary/aromatic N) is 2. The molecule has 3 aromatic rings. The summed E-state index contributed by atoms with van der Waals surface area (Å²) >= 11 is 0. The first-order valence-electron chi connectivity index (χ1n) is 12.3. The number of ketones is 1. The summed E-state index contributed by atoms with van der Waals surface area (Å²) in [7, 11) is 1.76. The highest BCUT2D eigenvalue weighted by Gasteiger charge is 2.31. The maximum atomic E-state index is 13.4. The van der Waals surface area contributed by atoms with Crippen molar-refractivity contribution in [2.45, 2.75) is 13.8 Å². The molecule has 1 aromatic heterocycles. The van der Waals surface area contributed by atoms with Gasteiger partial charge in [0.2, 0.25) is 5.91 Å². The van der Waals surface area contributed by atoms with Crippen molar-refractivity contribution in [2.75, 3.05) is 42.3 Å². The Morgan fingerprint density at radius 1 is 1.00 bits per heavy atom. The van der Waals surface area contributed by atoms with Crippen molar-refractivity contribution >= 4 is 40.5 Å². The summed E-state index contributed by atoms with van der Waals surface area (Å²) in [5, 5.41) is 24.0. The van der Waals surface area contributed by atoms with Gasteiger partial charge in [-0.3, -0.25) is 25.4 Å². The first-order valence-corrected chi connectivity index (χ1v) is 12.3. The van der Waals surface area contributed by atoms with Crippen LogP contribution in [0, 0.1) is 10.8 Å². The molecule has 39 heavy (non-hydrogen) atoms. The van der Waals surface area contributed by atoms with Crippen LogP contribution in [0.5, 0.6) is 0 Å². The zero-order valence-corrected chi connectivity index (χ0v) is 22.1. The molecule has 6 N–H and O–H groups in total. The van der Waals surface area contributed by atoms with E-state index in [1.807, 2.05) is 6.07 Å². The lowest BCUT2D eigenvalue weighted by atomic mass is 9.88. The number of pyridine rings is 1. The van der Waals surface area contributed by atoms with Crippen molar-refractivity contribution in [3.05, 3.63) is 84.2 Å². The summed E-state index contributed by atoms with van der Waals surface area (Å²) in [5.74, 6) is -0.900. The molecule has 3 amide bonds. The van der Waals surface area contributed by atoms with Crippen molar-refractivity contribution in [1.82, 2.24) is 15.8 Å². The van der Waals surface area contributed by atoms with Crippen molar-refractivity contribution in [3.63, 3.8) is 0 Å². The van der Waals surface area contributed by atoms with Gasteiger partial charge in [-0.15, -0.1) is 0 Å². The second kappa shape index (κ2) is 13.3. The zero-order valence-electron chi connectivity index (χ0n) is 22.1. The van der Waals surface area contributed by atoms with Gasteiger partial charge >= 0.3 is 6.03 Å². The number of hydrazine groups is 1. The highest BCUT2D eigenvalue weighted by atomic mass is 16.3. The van der Waals surface area contributed by atoms with Crippen molar-refractivity contribution in [1.29, 1.82) is 5.41 Å². The van der Waals surface area contributed by atoms with Crippen molar-refractivity contribution in [3.8, 4) is 0 Å². The average Bonchev–Trinajstić information content (AvgIpc) is 2.95. The Hall–Kier alpha value is -4.61. The van der Waals surface area contributed by atoms with E-state index in [1.165, 1.54) is 4.90 Å². The lowest BCUT2D eigenvalue weighted by molar-refractivity contribution is -0.129. The number of amides is 3. The number of carbonyl (C=O) groups excluding carboxylic acids is 3. The number of hydrogen-bond donors (Lipinski definition) is 6. The van der Waals surface area contributed by atoms with E-state index >= 15 is 0 Å². The smallest absolute Gasteiger partial charge is 0.333 e. The van der Waals surface area contributed by atoms with Crippen LogP contribution in [0.15, 0.2) is 72.9 Å². The number of aliphatic hydroxyl groups is 1. The summed E-state index contributed by atoms with van der Waals surface area (Å²) in [6.45, 7) is 2.10. The monoisotopic (exact) mass is 531 g/mol. The fraction of sp³-hybridized carbons (Fsp3) is 0.250. The van der Waals surface area contributed by atoms with E-state index in [4.69, 9.17) is 5.41 Å². The van der Waals surface area contributed by atoms with Crippen LogP contribution in [0.3, 0.4) is 0 Å². The van der Waals surface area contributed by atoms with Gasteiger partial charge in [-0.05, 0) is 36.4 Å². The van der Waals surface area contributed by atoms with Crippen LogP contribution in [0.1, 0.15) is 25.1 Å². The summed E-state index contributed by atoms with van der Waals surface area (Å²) in [6, 6.07) is 18.4. The van der Waals surface area contributed by atoms with Gasteiger partial charge in [0.15, 0.2) is 5.78 Å². The zero-order chi connectivity index (χ0) is 28.4. The lowest BCUT2D eigenvalue weighted by Gasteiger charge is -2.29. The Kier molecular flexibility index (Phi) is 9.85. The molecule has 204 valence electrons. The van der Waals surface area contributed by atoms with Gasteiger partial charge in [0.05, 0.1) is 36.8 Å². The third-order valence-corrected chi connectivity index (χ3v) is 5.99. The van der Waals surface area contributed by atoms with E-state index in [1.54, 1.807) is 87.8 Å². The minimum absolute atomic E-state index is 0.0760. The minimum Gasteiger partial charge on any atom is -0.395 e. The molecular weight excluding hydrogens is 498 g/mol. The second-order valence-corrected chi connectivity index (χ2v) is 9.32. The number of hydrogen-bond acceptors (Lipinski definition) is 8. The first-order chi connectivity index (χ1) is 18.7. The van der Waals surface area contributed by atoms with E-state index in [-0.39, 0.29) is 24.6 Å². The van der Waals surface area contributed by atoms with Gasteiger partial charge < -0.3 is 20.6 Å². The molecule has 0 bridgehead atoms. The molecule has 1 heterocycles. The molecule has 0 unspecified atom stereocenters. The quantitative estimate of drug-likeness (QED) is 0.155. The van der Waals surface area contributed by atoms with Crippen LogP contribution in [0.25, 0.3) is 0 Å². The number of aliphatic hydroxyl groups excluding tert-OH is 1. The molecule has 0 spiro atoms. The number of nitrogens with one attached hydrogen (secondary N) is 5. The molecular formula is C28H33N7O4. The Balaban J connectivity index is 1.79. The molecule has 0 radical (unpaired) electrons. The number of Topliss-reactive ketones (excluding diaryl/α,β-unsaturated/α-hetero) is 1. The van der Waals surface area contributed by atoms with Crippen LogP contribution in [0.2, 0.25) is 0 Å². The number of benzene rings is 2. The number of carbonyl (C=O) groups is 3. The molecule has 0 atom stereocenters. The SMILES string of the molecule is CNc1cccc(NC(=O)NNCC(=O)N(CC(=O)C(C)(C)CO)c2ccccc2C(=N)c2ccccn2)c1. The number of anilines is 3. The topological polar surface area (TPSA) is 160 Å². The van der Waals surface area contributed by atoms with Crippen LogP contribution >= 0.6 is 0 Å². The number of urea groups is 1. The molecule has 0 saturated heterocycles. The molecule has 0 aliphatic carbocycles. The van der Waals surface area contributed by atoms with Crippen molar-refractivity contribution < 1.29 is 19.5 Å². The third-order valence-electron chi connectivity index (χ3n) is 5.99. The van der Waals surface area contributed by atoms with E-state index in [2.05, 4.69) is 26.5 Å². The Bertz CT molecular complexity index is 1330. The normalized spacial score (nSPS) is 10.9. The van der Waals surface area contributed by atoms with Gasteiger partial charge in [-0.2, -0.15) is 0 Å². The lowest BCUT2D eigenvalue weighted by Crippen LogP contribution is -2.49. The largest absolute Gasteiger partial charge is 0.395 e. The van der Waals surface area contributed by atoms with Gasteiger partial charge in [-0.1, -0.05) is 44.2 Å². The number of para-hydroxylation sites is 1. The standard InChI is InChI=1S/C28H33N7O4/c1-28(2,18-36)24(37)17-35(23-13-5-4-11-21(23)26(29)22-12-6-7-14-31-22)25(38)16-32-34-27(39)33-20-10-8-9-19(15-20)30-3/h4-15,29-30,32,36H,16-18H2,1-3H3,(H2,33,34,39). The fourth-order valence-electron chi connectivity index (χ4n) is 3.53. The highest BCUT2D eigenvalue weighted by Crippen LogP contribution is 2.25.